The van der Waals surface area contributed by atoms with Crippen molar-refractivity contribution in [2.45, 2.75) is 19.8 Å². The smallest absolute Gasteiger partial charge is 0.334 e. The van der Waals surface area contributed by atoms with Crippen LogP contribution in [0.25, 0.3) is 0 Å². The fourth-order valence-corrected chi connectivity index (χ4v) is 2.75. The average Bonchev–Trinajstić information content (AvgIpc) is 2.45. The normalized spacial score (nSPS) is 21.0. The summed E-state index contributed by atoms with van der Waals surface area (Å²) < 4.78 is 0. The second kappa shape index (κ2) is 6.46. The summed E-state index contributed by atoms with van der Waals surface area (Å²) in [4.78, 5) is 11.6. The fourth-order valence-electron chi connectivity index (χ4n) is 2.75. The molecule has 0 amide bonds. The molecule has 6 N–H and O–H groups in total. The van der Waals surface area contributed by atoms with Crippen LogP contribution in [0.4, 0.5) is 5.69 Å². The Morgan fingerprint density at radius 1 is 1.17 bits per heavy atom. The zero-order valence-corrected chi connectivity index (χ0v) is 12.5. The highest BCUT2D eigenvalue weighted by Crippen LogP contribution is 2.35. The fraction of sp³-hybridized carbons (Fsp3) is 0.214. The van der Waals surface area contributed by atoms with Gasteiger partial charge in [-0.3, -0.25) is 0 Å². The number of quaternary nitrogens is 2. The number of rotatable bonds is 4. The molecule has 124 valence electrons. The van der Waals surface area contributed by atoms with Crippen molar-refractivity contribution in [3.63, 3.8) is 0 Å². The Hall–Kier alpha value is -2.27. The first-order valence-corrected chi connectivity index (χ1v) is 6.72. The summed E-state index contributed by atoms with van der Waals surface area (Å²) in [5.74, 6) is -2.31. The number of hydroxylamine groups is 2. The van der Waals surface area contributed by atoms with E-state index >= 15 is 0 Å². The van der Waals surface area contributed by atoms with E-state index in [1.807, 2.05) is 0 Å². The van der Waals surface area contributed by atoms with Crippen molar-refractivity contribution in [3.05, 3.63) is 62.9 Å². The Kier molecular flexibility index (Phi) is 4.80. The summed E-state index contributed by atoms with van der Waals surface area (Å²) in [5.41, 5.74) is 0.688. The van der Waals surface area contributed by atoms with Crippen LogP contribution in [0, 0.1) is 10.4 Å². The highest BCUT2D eigenvalue weighted by Gasteiger charge is 2.37. The lowest BCUT2D eigenvalue weighted by Crippen LogP contribution is -3.03. The lowest BCUT2D eigenvalue weighted by atomic mass is 9.84. The summed E-state index contributed by atoms with van der Waals surface area (Å²) in [7, 11) is 0. The number of benzene rings is 1. The third-order valence-corrected chi connectivity index (χ3v) is 3.69. The molecule has 0 aromatic heterocycles. The first-order chi connectivity index (χ1) is 10.7. The Morgan fingerprint density at radius 2 is 1.83 bits per heavy atom. The average molecular weight is 323 g/mol. The van der Waals surface area contributed by atoms with E-state index in [0.717, 1.165) is 0 Å². The van der Waals surface area contributed by atoms with E-state index < -0.39 is 22.3 Å². The molecule has 9 nitrogen and oxygen atoms in total. The number of carbonyl (C=O) groups is 1. The SMILES string of the molecule is CC1=C(C(=O)O)C(c2cccc([NH+]([O-])O)c2)C([NH+]([O-])O)=C(C)N1. The summed E-state index contributed by atoms with van der Waals surface area (Å²) in [5, 5.41) is 51.1. The van der Waals surface area contributed by atoms with Crippen LogP contribution in [0.3, 0.4) is 0 Å². The third kappa shape index (κ3) is 3.24. The maximum Gasteiger partial charge on any atom is 0.334 e. The molecule has 0 bridgehead atoms. The van der Waals surface area contributed by atoms with Crippen molar-refractivity contribution in [1.29, 1.82) is 0 Å². The number of dihydropyridines is 1. The predicted molar refractivity (Wildman–Crippen MR) is 77.2 cm³/mol. The van der Waals surface area contributed by atoms with Gasteiger partial charge in [-0.05, 0) is 19.4 Å². The van der Waals surface area contributed by atoms with Crippen molar-refractivity contribution in [1.82, 2.24) is 5.32 Å². The number of carboxylic acid groups (broad SMARTS) is 1. The van der Waals surface area contributed by atoms with Gasteiger partial charge in [0, 0.05) is 17.8 Å². The minimum absolute atomic E-state index is 0.0363. The van der Waals surface area contributed by atoms with Crippen LogP contribution in [0.5, 0.6) is 0 Å². The lowest BCUT2D eigenvalue weighted by Gasteiger charge is -2.31. The number of carboxylic acids is 1. The maximum atomic E-state index is 11.6. The van der Waals surface area contributed by atoms with Crippen LogP contribution in [0.15, 0.2) is 46.9 Å². The van der Waals surface area contributed by atoms with Gasteiger partial charge in [0.1, 0.15) is 0 Å². The molecule has 0 saturated heterocycles. The molecule has 0 fully saturated rings. The molecule has 1 aromatic carbocycles. The van der Waals surface area contributed by atoms with Crippen LogP contribution < -0.4 is 15.8 Å². The summed E-state index contributed by atoms with van der Waals surface area (Å²) in [6.45, 7) is 3.08. The minimum Gasteiger partial charge on any atom is -0.595 e. The van der Waals surface area contributed by atoms with Gasteiger partial charge in [0.25, 0.3) is 0 Å². The van der Waals surface area contributed by atoms with Gasteiger partial charge in [-0.1, -0.05) is 12.1 Å². The molecule has 0 aliphatic carbocycles. The van der Waals surface area contributed by atoms with E-state index in [1.165, 1.54) is 24.3 Å². The summed E-state index contributed by atoms with van der Waals surface area (Å²) >= 11 is 0. The van der Waals surface area contributed by atoms with Crippen molar-refractivity contribution in [2.24, 2.45) is 0 Å². The van der Waals surface area contributed by atoms with E-state index in [2.05, 4.69) is 5.32 Å². The number of allylic oxidation sites excluding steroid dienone is 3. The van der Waals surface area contributed by atoms with Gasteiger partial charge in [0.15, 0.2) is 11.4 Å². The molecule has 0 spiro atoms. The maximum absolute atomic E-state index is 11.6. The first-order valence-electron chi connectivity index (χ1n) is 6.72. The minimum atomic E-state index is -1.26. The molecule has 1 heterocycles. The zero-order valence-electron chi connectivity index (χ0n) is 12.5. The zero-order chi connectivity index (χ0) is 17.3. The molecule has 2 rings (SSSR count). The van der Waals surface area contributed by atoms with Gasteiger partial charge < -0.3 is 20.8 Å². The van der Waals surface area contributed by atoms with Crippen LogP contribution >= 0.6 is 0 Å². The monoisotopic (exact) mass is 323 g/mol. The molecular formula is C14H17N3O6. The number of hydrogen-bond donors (Lipinski definition) is 6. The molecule has 0 radical (unpaired) electrons. The van der Waals surface area contributed by atoms with Gasteiger partial charge in [0.2, 0.25) is 0 Å². The Balaban J connectivity index is 2.67. The molecule has 3 unspecified atom stereocenters. The van der Waals surface area contributed by atoms with Gasteiger partial charge in [0.05, 0.1) is 17.2 Å². The Labute approximate surface area is 131 Å². The summed E-state index contributed by atoms with van der Waals surface area (Å²) in [6, 6.07) is 5.64. The quantitative estimate of drug-likeness (QED) is 0.395. The van der Waals surface area contributed by atoms with Crippen LogP contribution in [0.2, 0.25) is 0 Å². The van der Waals surface area contributed by atoms with Gasteiger partial charge in [-0.25, -0.2) is 15.2 Å². The van der Waals surface area contributed by atoms with E-state index in [0.29, 0.717) is 17.0 Å². The molecule has 1 aliphatic rings. The highest BCUT2D eigenvalue weighted by molar-refractivity contribution is 5.90. The largest absolute Gasteiger partial charge is 0.595 e. The van der Waals surface area contributed by atoms with Crippen LogP contribution in [0.1, 0.15) is 25.3 Å². The summed E-state index contributed by atoms with van der Waals surface area (Å²) in [6.07, 6.45) is 0. The number of aliphatic carboxylic acids is 1. The first kappa shape index (κ1) is 17.1. The molecule has 9 heteroatoms. The third-order valence-electron chi connectivity index (χ3n) is 3.69. The predicted octanol–water partition coefficient (Wildman–Crippen LogP) is -0.861. The topological polar surface area (TPSA) is 145 Å². The van der Waals surface area contributed by atoms with Crippen molar-refractivity contribution < 1.29 is 30.8 Å². The van der Waals surface area contributed by atoms with Crippen molar-refractivity contribution in [2.75, 3.05) is 0 Å². The van der Waals surface area contributed by atoms with Crippen LogP contribution in [-0.4, -0.2) is 21.5 Å². The van der Waals surface area contributed by atoms with Crippen molar-refractivity contribution in [3.8, 4) is 0 Å². The molecule has 1 aliphatic heterocycles. The number of nitrogens with one attached hydrogen (secondary N) is 3. The molecule has 3 atom stereocenters. The van der Waals surface area contributed by atoms with Crippen molar-refractivity contribution >= 4 is 11.7 Å². The van der Waals surface area contributed by atoms with Crippen LogP contribution in [-0.2, 0) is 4.79 Å². The standard InChI is InChI=1S/C14H17N3O6/c1-7-11(14(18)19)12(13(17(22)23)8(2)15-7)9-4-3-5-10(6-9)16(20)21/h3-6,12,15-17,20,22H,1-2H3,(H,18,19). The Morgan fingerprint density at radius 3 is 2.35 bits per heavy atom. The lowest BCUT2D eigenvalue weighted by molar-refractivity contribution is -1.02. The molecule has 23 heavy (non-hydrogen) atoms. The number of hydrogen-bond acceptors (Lipinski definition) is 6. The van der Waals surface area contributed by atoms with E-state index in [9.17, 15) is 25.5 Å². The molecular weight excluding hydrogens is 306 g/mol. The van der Waals surface area contributed by atoms with Gasteiger partial charge >= 0.3 is 5.97 Å². The van der Waals surface area contributed by atoms with Gasteiger partial charge in [-0.2, -0.15) is 10.5 Å². The second-order valence-corrected chi connectivity index (χ2v) is 5.18. The van der Waals surface area contributed by atoms with E-state index in [-0.39, 0.29) is 17.0 Å². The molecule has 0 saturated carbocycles. The van der Waals surface area contributed by atoms with Gasteiger partial charge in [-0.15, -0.1) is 0 Å². The second-order valence-electron chi connectivity index (χ2n) is 5.18. The Bertz CT molecular complexity index is 696. The molecule has 1 aromatic rings. The van der Waals surface area contributed by atoms with E-state index in [1.54, 1.807) is 13.8 Å². The highest BCUT2D eigenvalue weighted by atomic mass is 16.8. The van der Waals surface area contributed by atoms with E-state index in [4.69, 9.17) is 5.21 Å².